The lowest BCUT2D eigenvalue weighted by atomic mass is 9.85. The minimum atomic E-state index is -4.24. The smallest absolute Gasteiger partial charge is 0.408 e. The summed E-state index contributed by atoms with van der Waals surface area (Å²) in [5, 5.41) is 5.28. The van der Waals surface area contributed by atoms with Crippen molar-refractivity contribution in [3.63, 3.8) is 0 Å². The molecule has 0 radical (unpaired) electrons. The fourth-order valence-electron chi connectivity index (χ4n) is 8.78. The van der Waals surface area contributed by atoms with Crippen LogP contribution in [0.25, 0.3) is 11.0 Å². The van der Waals surface area contributed by atoms with Gasteiger partial charge < -0.3 is 29.7 Å². The molecule has 7 rings (SSSR count). The van der Waals surface area contributed by atoms with Crippen LogP contribution in [0, 0.1) is 23.2 Å². The molecule has 3 saturated carbocycles. The molecule has 3 heterocycles. The zero-order valence-corrected chi connectivity index (χ0v) is 35.5. The summed E-state index contributed by atoms with van der Waals surface area (Å²) >= 11 is 0. The first-order valence-corrected chi connectivity index (χ1v) is 22.1. The molecule has 0 spiro atoms. The highest BCUT2D eigenvalue weighted by molar-refractivity contribution is 7.91. The topological polar surface area (TPSA) is 195 Å². The van der Waals surface area contributed by atoms with Gasteiger partial charge in [-0.15, -0.1) is 0 Å². The largest absolute Gasteiger partial charge is 0.497 e. The molecule has 1 aromatic carbocycles. The van der Waals surface area contributed by atoms with Gasteiger partial charge in [-0.05, 0) is 75.8 Å². The second kappa shape index (κ2) is 15.3. The van der Waals surface area contributed by atoms with Gasteiger partial charge in [-0.25, -0.2) is 32.0 Å². The number of rotatable bonds is 8. The van der Waals surface area contributed by atoms with E-state index in [9.17, 15) is 36.4 Å². The number of ether oxygens (including phenoxy) is 3. The maximum atomic E-state index is 14.9. The Bertz CT molecular complexity index is 2130. The van der Waals surface area contributed by atoms with Crippen molar-refractivity contribution in [1.82, 2.24) is 30.2 Å². The number of aryl methyl sites for hydroxylation is 1. The summed E-state index contributed by atoms with van der Waals surface area (Å²) in [5.74, 6) is -4.47. The fourth-order valence-corrected chi connectivity index (χ4v) is 10.1. The van der Waals surface area contributed by atoms with E-state index >= 15 is 0 Å². The number of benzene rings is 1. The second-order valence-corrected chi connectivity index (χ2v) is 20.7. The molecule has 324 valence electrons. The SMILES string of the molecule is CC[C@@]12CC1CCCCCc1nc3ccc(OC)cc3nc1O[C@H]1CN(C(=O)[C@H](C(C)(C)C)NC(=O)O2)[C@H](C(=O)N[C@]2(C(=O)NS(=O)(=O)C3(C)CC3)C[C@H]2C(F)F)[C@@H]1C. The van der Waals surface area contributed by atoms with Crippen molar-refractivity contribution < 1.29 is 50.6 Å². The fraction of sp³-hybridized carbons (Fsp3) is 0.707. The number of halogens is 2. The number of amides is 4. The predicted octanol–water partition coefficient (Wildman–Crippen LogP) is 4.80. The Kier molecular flexibility index (Phi) is 11.1. The van der Waals surface area contributed by atoms with Gasteiger partial charge in [-0.3, -0.25) is 19.1 Å². The number of hydrogen-bond acceptors (Lipinski definition) is 11. The molecule has 1 unspecified atom stereocenters. The molecule has 8 atom stereocenters. The molecule has 1 saturated heterocycles. The number of nitrogens with zero attached hydrogens (tertiary/aromatic N) is 3. The van der Waals surface area contributed by atoms with E-state index in [1.54, 1.807) is 45.9 Å². The Hall–Kier alpha value is -4.35. The molecular weight excluding hydrogens is 791 g/mol. The molecule has 3 aliphatic carbocycles. The minimum absolute atomic E-state index is 0.162. The Balaban J connectivity index is 1.26. The molecule has 15 nitrogen and oxygen atoms in total. The molecule has 4 fully saturated rings. The van der Waals surface area contributed by atoms with E-state index in [4.69, 9.17) is 24.2 Å². The van der Waals surface area contributed by atoms with Gasteiger partial charge in [-0.1, -0.05) is 47.5 Å². The minimum Gasteiger partial charge on any atom is -0.497 e. The van der Waals surface area contributed by atoms with Crippen LogP contribution in [-0.2, 0) is 35.6 Å². The predicted molar refractivity (Wildman–Crippen MR) is 211 cm³/mol. The van der Waals surface area contributed by atoms with Crippen molar-refractivity contribution in [2.24, 2.45) is 23.2 Å². The first kappa shape index (κ1) is 42.8. The molecule has 2 aromatic rings. The quantitative estimate of drug-likeness (QED) is 0.331. The summed E-state index contributed by atoms with van der Waals surface area (Å²) < 4.78 is 73.7. The molecule has 59 heavy (non-hydrogen) atoms. The number of alkyl halides is 2. The summed E-state index contributed by atoms with van der Waals surface area (Å²) in [7, 11) is -2.71. The number of alkyl carbamates (subject to hydrolysis) is 1. The molecule has 2 bridgehead atoms. The van der Waals surface area contributed by atoms with E-state index in [1.807, 2.05) is 11.6 Å². The molecule has 18 heteroatoms. The van der Waals surface area contributed by atoms with Crippen LogP contribution in [0.5, 0.6) is 11.6 Å². The number of carbonyl (C=O) groups excluding carboxylic acids is 4. The van der Waals surface area contributed by atoms with Gasteiger partial charge in [0.05, 0.1) is 35.4 Å². The molecule has 2 aliphatic heterocycles. The number of hydrogen-bond donors (Lipinski definition) is 3. The van der Waals surface area contributed by atoms with Gasteiger partial charge in [0, 0.05) is 17.9 Å². The third-order valence-corrected chi connectivity index (χ3v) is 15.5. The highest BCUT2D eigenvalue weighted by atomic mass is 32.2. The van der Waals surface area contributed by atoms with E-state index < -0.39 is 98.0 Å². The maximum absolute atomic E-state index is 14.9. The monoisotopic (exact) mass is 846 g/mol. The van der Waals surface area contributed by atoms with Crippen LogP contribution in [0.2, 0.25) is 0 Å². The van der Waals surface area contributed by atoms with Crippen molar-refractivity contribution in [1.29, 1.82) is 0 Å². The lowest BCUT2D eigenvalue weighted by Gasteiger charge is -2.36. The van der Waals surface area contributed by atoms with E-state index in [2.05, 4.69) is 10.6 Å². The molecule has 5 aliphatic rings. The lowest BCUT2D eigenvalue weighted by Crippen LogP contribution is -2.61. The average Bonchev–Trinajstić information content (AvgIpc) is 4.12. The summed E-state index contributed by atoms with van der Waals surface area (Å²) in [5.41, 5.74) is -2.13. The van der Waals surface area contributed by atoms with Crippen molar-refractivity contribution in [3.8, 4) is 11.6 Å². The summed E-state index contributed by atoms with van der Waals surface area (Å²) in [6.07, 6.45) is 0.532. The van der Waals surface area contributed by atoms with Crippen LogP contribution >= 0.6 is 0 Å². The van der Waals surface area contributed by atoms with Gasteiger partial charge in [-0.2, -0.15) is 0 Å². The van der Waals surface area contributed by atoms with Crippen LogP contribution in [0.4, 0.5) is 13.6 Å². The normalized spacial score (nSPS) is 32.0. The lowest BCUT2D eigenvalue weighted by molar-refractivity contribution is -0.143. The summed E-state index contributed by atoms with van der Waals surface area (Å²) in [4.78, 5) is 67.8. The highest BCUT2D eigenvalue weighted by Crippen LogP contribution is 2.53. The highest BCUT2D eigenvalue weighted by Gasteiger charge is 2.68. The van der Waals surface area contributed by atoms with E-state index in [1.165, 1.54) is 18.9 Å². The Morgan fingerprint density at radius 2 is 1.83 bits per heavy atom. The Labute approximate surface area is 343 Å². The van der Waals surface area contributed by atoms with Crippen LogP contribution in [0.15, 0.2) is 18.2 Å². The zero-order chi connectivity index (χ0) is 42.9. The number of sulfonamides is 1. The van der Waals surface area contributed by atoms with Crippen molar-refractivity contribution in [3.05, 3.63) is 23.9 Å². The first-order valence-electron chi connectivity index (χ1n) is 20.7. The third-order valence-electron chi connectivity index (χ3n) is 13.3. The van der Waals surface area contributed by atoms with Crippen LogP contribution in [-0.4, -0.2) is 101 Å². The van der Waals surface area contributed by atoms with Gasteiger partial charge in [0.2, 0.25) is 34.1 Å². The number of fused-ring (bicyclic) bond motifs is 5. The Morgan fingerprint density at radius 3 is 2.46 bits per heavy atom. The molecule has 1 aromatic heterocycles. The standard InChI is InChI=1S/C41H56F2N6O9S/c1-8-40-19-23(40)12-10-9-11-13-27-34(45-28-18-24(56-7)14-15-26(28)44-27)57-29-21-49(35(51)31(38(3,4)5)46-37(53)58-40)30(22(29)2)33(50)47-41(20-25(41)32(42)43)36(52)48-59(54,55)39(6)16-17-39/h14-15,18,22-23,25,29-32H,8-13,16-17,19-21H2,1-7H3,(H,46,53)(H,47,50)(H,48,52)/t22-,23?,25+,29+,30+,31-,40-,41-/m1/s1. The number of methoxy groups -OCH3 is 1. The van der Waals surface area contributed by atoms with Gasteiger partial charge in [0.1, 0.15) is 40.8 Å². The number of aromatic nitrogens is 2. The first-order chi connectivity index (χ1) is 27.7. The maximum Gasteiger partial charge on any atom is 0.408 e. The average molecular weight is 847 g/mol. The molecule has 3 N–H and O–H groups in total. The number of nitrogens with one attached hydrogen (secondary N) is 3. The van der Waals surface area contributed by atoms with Crippen molar-refractivity contribution in [2.45, 2.75) is 146 Å². The summed E-state index contributed by atoms with van der Waals surface area (Å²) in [6, 6.07) is 2.68. The van der Waals surface area contributed by atoms with Gasteiger partial charge in [0.25, 0.3) is 5.91 Å². The van der Waals surface area contributed by atoms with Crippen LogP contribution in [0.3, 0.4) is 0 Å². The van der Waals surface area contributed by atoms with E-state index in [0.717, 1.165) is 25.7 Å². The van der Waals surface area contributed by atoms with E-state index in [0.29, 0.717) is 54.6 Å². The Morgan fingerprint density at radius 1 is 1.10 bits per heavy atom. The zero-order valence-electron chi connectivity index (χ0n) is 34.7. The van der Waals surface area contributed by atoms with Crippen molar-refractivity contribution >= 4 is 44.9 Å². The van der Waals surface area contributed by atoms with Crippen LogP contribution < -0.4 is 24.8 Å². The van der Waals surface area contributed by atoms with E-state index in [-0.39, 0.29) is 18.3 Å². The van der Waals surface area contributed by atoms with Crippen LogP contribution in [0.1, 0.15) is 105 Å². The number of carbonyl (C=O) groups is 4. The van der Waals surface area contributed by atoms with Gasteiger partial charge in [0.15, 0.2) is 0 Å². The molecule has 4 amide bonds. The summed E-state index contributed by atoms with van der Waals surface area (Å²) in [6.45, 7) is 10.1. The molecular formula is C41H56F2N6O9S. The van der Waals surface area contributed by atoms with Crippen molar-refractivity contribution in [2.75, 3.05) is 13.7 Å². The van der Waals surface area contributed by atoms with Gasteiger partial charge >= 0.3 is 6.09 Å². The second-order valence-electron chi connectivity index (χ2n) is 18.5. The third kappa shape index (κ3) is 8.13.